The van der Waals surface area contributed by atoms with Crippen molar-refractivity contribution >= 4 is 0 Å². The Balaban J connectivity index is 1.71. The molecule has 1 heteroatoms. The molecule has 0 N–H and O–H groups in total. The molecule has 4 aromatic rings. The van der Waals surface area contributed by atoms with E-state index < -0.39 is 0 Å². The summed E-state index contributed by atoms with van der Waals surface area (Å²) < 4.78 is 2.34. The van der Waals surface area contributed by atoms with Crippen LogP contribution in [0.4, 0.5) is 0 Å². The van der Waals surface area contributed by atoms with Crippen LogP contribution in [0.15, 0.2) is 72.9 Å². The first-order valence-corrected chi connectivity index (χ1v) is 10.4. The topological polar surface area (TPSA) is 3.88 Å². The van der Waals surface area contributed by atoms with Gasteiger partial charge in [0.2, 0.25) is 5.69 Å². The lowest BCUT2D eigenvalue weighted by Gasteiger charge is -2.16. The quantitative estimate of drug-likeness (QED) is 0.317. The van der Waals surface area contributed by atoms with Crippen molar-refractivity contribution in [2.75, 3.05) is 0 Å². The fourth-order valence-electron chi connectivity index (χ4n) is 5.73. The van der Waals surface area contributed by atoms with Crippen LogP contribution in [0, 0.1) is 13.8 Å². The molecule has 0 spiro atoms. The van der Waals surface area contributed by atoms with Crippen LogP contribution < -0.4 is 4.57 Å². The third-order valence-corrected chi connectivity index (χ3v) is 6.76. The number of rotatable bonds is 1. The molecule has 2 aliphatic carbocycles. The molecule has 1 atom stereocenters. The molecule has 29 heavy (non-hydrogen) atoms. The molecule has 2 aliphatic rings. The summed E-state index contributed by atoms with van der Waals surface area (Å²) in [4.78, 5) is 0. The first-order valence-electron chi connectivity index (χ1n) is 10.4. The molecule has 0 fully saturated rings. The van der Waals surface area contributed by atoms with Gasteiger partial charge >= 0.3 is 0 Å². The van der Waals surface area contributed by atoms with Gasteiger partial charge in [-0.25, -0.2) is 4.57 Å². The lowest BCUT2D eigenvalue weighted by Crippen LogP contribution is -2.31. The largest absolute Gasteiger partial charge is 0.217 e. The summed E-state index contributed by atoms with van der Waals surface area (Å²) in [5, 5.41) is 0. The number of nitrogens with zero attached hydrogens (tertiary/aromatic N) is 1. The van der Waals surface area contributed by atoms with Crippen molar-refractivity contribution < 1.29 is 4.57 Å². The van der Waals surface area contributed by atoms with Gasteiger partial charge in [0, 0.05) is 17.0 Å². The molecule has 0 bridgehead atoms. The van der Waals surface area contributed by atoms with E-state index in [1.54, 1.807) is 0 Å². The van der Waals surface area contributed by atoms with E-state index in [-0.39, 0.29) is 0 Å². The third kappa shape index (κ3) is 2.25. The average molecular weight is 375 g/mol. The average Bonchev–Trinajstić information content (AvgIpc) is 3.24. The summed E-state index contributed by atoms with van der Waals surface area (Å²) >= 11 is 0. The summed E-state index contributed by atoms with van der Waals surface area (Å²) in [5.74, 6) is 0.306. The van der Waals surface area contributed by atoms with Crippen molar-refractivity contribution in [3.63, 3.8) is 0 Å². The summed E-state index contributed by atoms with van der Waals surface area (Å²) in [7, 11) is 2.20. The van der Waals surface area contributed by atoms with Crippen LogP contribution in [0.3, 0.4) is 0 Å². The zero-order valence-electron chi connectivity index (χ0n) is 17.2. The molecule has 0 saturated heterocycles. The lowest BCUT2D eigenvalue weighted by molar-refractivity contribution is -0.660. The SMILES string of the molecule is Cc1cc2c([n+](C)c1)-c1c(cc3c(c1C)-c1ccccc1C3)C2c1ccccc1. The highest BCUT2D eigenvalue weighted by Crippen LogP contribution is 2.52. The third-order valence-electron chi connectivity index (χ3n) is 6.76. The Labute approximate surface area is 172 Å². The van der Waals surface area contributed by atoms with E-state index in [0.29, 0.717) is 5.92 Å². The molecule has 140 valence electrons. The summed E-state index contributed by atoms with van der Waals surface area (Å²) in [6.45, 7) is 4.53. The van der Waals surface area contributed by atoms with Crippen LogP contribution >= 0.6 is 0 Å². The predicted octanol–water partition coefficient (Wildman–Crippen LogP) is 5.86. The van der Waals surface area contributed by atoms with Crippen molar-refractivity contribution in [1.29, 1.82) is 0 Å². The summed E-state index contributed by atoms with van der Waals surface area (Å²) in [5.41, 5.74) is 15.7. The maximum Gasteiger partial charge on any atom is 0.217 e. The molecular formula is C28H24N+. The van der Waals surface area contributed by atoms with Crippen LogP contribution in [-0.4, -0.2) is 0 Å². The van der Waals surface area contributed by atoms with Crippen molar-refractivity contribution in [2.45, 2.75) is 26.2 Å². The molecular weight excluding hydrogens is 350 g/mol. The molecule has 3 aromatic carbocycles. The van der Waals surface area contributed by atoms with Gasteiger partial charge in [-0.05, 0) is 65.3 Å². The Kier molecular flexibility index (Phi) is 3.41. The molecule has 0 amide bonds. The minimum atomic E-state index is 0.306. The number of fused-ring (bicyclic) bond motifs is 6. The molecule has 6 rings (SSSR count). The minimum absolute atomic E-state index is 0.306. The molecule has 1 aromatic heterocycles. The molecule has 1 nitrogen and oxygen atoms in total. The van der Waals surface area contributed by atoms with E-state index in [1.165, 1.54) is 61.3 Å². The molecule has 0 aliphatic heterocycles. The lowest BCUT2D eigenvalue weighted by atomic mass is 9.86. The van der Waals surface area contributed by atoms with Crippen LogP contribution in [0.25, 0.3) is 22.4 Å². The van der Waals surface area contributed by atoms with Gasteiger partial charge in [0.25, 0.3) is 0 Å². The predicted molar refractivity (Wildman–Crippen MR) is 118 cm³/mol. The first-order chi connectivity index (χ1) is 14.1. The number of hydrogen-bond donors (Lipinski definition) is 0. The maximum absolute atomic E-state index is 2.50. The smallest absolute Gasteiger partial charge is 0.200 e. The Morgan fingerprint density at radius 1 is 0.793 bits per heavy atom. The molecule has 0 radical (unpaired) electrons. The molecule has 1 unspecified atom stereocenters. The zero-order chi connectivity index (χ0) is 19.7. The second-order valence-electron chi connectivity index (χ2n) is 8.61. The number of benzene rings is 3. The first kappa shape index (κ1) is 16.7. The minimum Gasteiger partial charge on any atom is -0.200 e. The van der Waals surface area contributed by atoms with Crippen molar-refractivity contribution in [3.8, 4) is 22.4 Å². The van der Waals surface area contributed by atoms with Gasteiger partial charge in [0.15, 0.2) is 6.20 Å². The van der Waals surface area contributed by atoms with E-state index in [2.05, 4.69) is 98.4 Å². The van der Waals surface area contributed by atoms with E-state index >= 15 is 0 Å². The van der Waals surface area contributed by atoms with E-state index in [0.717, 1.165) is 6.42 Å². The normalized spacial score (nSPS) is 15.6. The van der Waals surface area contributed by atoms with E-state index in [4.69, 9.17) is 0 Å². The molecule has 1 heterocycles. The summed E-state index contributed by atoms with van der Waals surface area (Å²) in [6.07, 6.45) is 3.30. The monoisotopic (exact) mass is 374 g/mol. The summed E-state index contributed by atoms with van der Waals surface area (Å²) in [6, 6.07) is 24.8. The highest BCUT2D eigenvalue weighted by Gasteiger charge is 2.39. The van der Waals surface area contributed by atoms with Crippen LogP contribution in [0.1, 0.15) is 44.9 Å². The second-order valence-corrected chi connectivity index (χ2v) is 8.61. The van der Waals surface area contributed by atoms with Gasteiger partial charge in [0.05, 0.1) is 5.56 Å². The Hall–Kier alpha value is -3.19. The molecule has 0 saturated carbocycles. The zero-order valence-corrected chi connectivity index (χ0v) is 17.2. The fourth-order valence-corrected chi connectivity index (χ4v) is 5.73. The van der Waals surface area contributed by atoms with Crippen molar-refractivity contribution in [1.82, 2.24) is 0 Å². The highest BCUT2D eigenvalue weighted by molar-refractivity contribution is 5.89. The van der Waals surface area contributed by atoms with Gasteiger partial charge in [0.1, 0.15) is 7.05 Å². The maximum atomic E-state index is 2.50. The van der Waals surface area contributed by atoms with Gasteiger partial charge < -0.3 is 0 Å². The van der Waals surface area contributed by atoms with Crippen LogP contribution in [-0.2, 0) is 13.5 Å². The van der Waals surface area contributed by atoms with Crippen LogP contribution in [0.5, 0.6) is 0 Å². The standard InChI is InChI=1S/C28H24N/c1-17-13-24-27(19-9-5-4-6-10-19)23-15-21-14-20-11-7-8-12-22(20)25(21)18(2)26(23)28(24)29(3)16-17/h4-13,15-16,27H,14H2,1-3H3/q+1. The Morgan fingerprint density at radius 3 is 2.38 bits per heavy atom. The number of pyridine rings is 1. The van der Waals surface area contributed by atoms with Gasteiger partial charge in [-0.2, -0.15) is 0 Å². The Morgan fingerprint density at radius 2 is 1.55 bits per heavy atom. The van der Waals surface area contributed by atoms with E-state index in [1.807, 2.05) is 0 Å². The van der Waals surface area contributed by atoms with Crippen molar-refractivity contribution in [3.05, 3.63) is 112 Å². The number of hydrogen-bond acceptors (Lipinski definition) is 0. The number of aromatic nitrogens is 1. The second kappa shape index (κ2) is 5.90. The van der Waals surface area contributed by atoms with Gasteiger partial charge in [-0.3, -0.25) is 0 Å². The van der Waals surface area contributed by atoms with Crippen LogP contribution in [0.2, 0.25) is 0 Å². The van der Waals surface area contributed by atoms with Gasteiger partial charge in [-0.1, -0.05) is 60.7 Å². The Bertz CT molecular complexity index is 1300. The highest BCUT2D eigenvalue weighted by atomic mass is 14.9. The number of aryl methyl sites for hydroxylation is 2. The van der Waals surface area contributed by atoms with E-state index in [9.17, 15) is 0 Å². The van der Waals surface area contributed by atoms with Crippen molar-refractivity contribution in [2.24, 2.45) is 7.05 Å². The fraction of sp³-hybridized carbons (Fsp3) is 0.179. The van der Waals surface area contributed by atoms with Gasteiger partial charge in [-0.15, -0.1) is 0 Å².